The number of Topliss-reactive ketones (excluding diaryl/α,β-unsaturated/α-hetero) is 5. The number of rotatable bonds is 40. The quantitative estimate of drug-likeness (QED) is 0.0514. The van der Waals surface area contributed by atoms with Crippen molar-refractivity contribution in [1.82, 2.24) is 31.5 Å². The summed E-state index contributed by atoms with van der Waals surface area (Å²) in [7, 11) is 0. The van der Waals surface area contributed by atoms with E-state index in [2.05, 4.69) is 26.6 Å². The van der Waals surface area contributed by atoms with E-state index in [0.29, 0.717) is 96.4 Å². The third-order valence-electron chi connectivity index (χ3n) is 11.5. The van der Waals surface area contributed by atoms with Gasteiger partial charge in [0.05, 0.1) is 69.7 Å². The molecule has 1 aliphatic heterocycles. The fourth-order valence-electron chi connectivity index (χ4n) is 7.55. The normalized spacial score (nSPS) is 15.3. The molecule has 2 rings (SSSR count). The topological polar surface area (TPSA) is 257 Å². The molecule has 68 heavy (non-hydrogen) atoms. The highest BCUT2D eigenvalue weighted by molar-refractivity contribution is 5.96. The lowest BCUT2D eigenvalue weighted by molar-refractivity contribution is -0.133. The third kappa shape index (κ3) is 25.2. The summed E-state index contributed by atoms with van der Waals surface area (Å²) in [4.78, 5) is 105. The highest BCUT2D eigenvalue weighted by atomic mass is 16.5. The summed E-state index contributed by atoms with van der Waals surface area (Å²) in [6.45, 7) is 12.6. The van der Waals surface area contributed by atoms with Gasteiger partial charge in [-0.2, -0.15) is 0 Å². The van der Waals surface area contributed by atoms with Gasteiger partial charge < -0.3 is 50.6 Å². The first kappa shape index (κ1) is 59.6. The fourth-order valence-corrected chi connectivity index (χ4v) is 7.55. The lowest BCUT2D eigenvalue weighted by Gasteiger charge is -2.29. The van der Waals surface area contributed by atoms with Crippen molar-refractivity contribution in [3.05, 3.63) is 29.8 Å². The number of hydrogen-bond acceptors (Lipinski definition) is 16. The van der Waals surface area contributed by atoms with E-state index < -0.39 is 41.3 Å². The van der Waals surface area contributed by atoms with E-state index in [-0.39, 0.29) is 93.3 Å². The lowest BCUT2D eigenvalue weighted by atomic mass is 9.96. The first-order valence-electron chi connectivity index (χ1n) is 24.2. The molecule has 4 atom stereocenters. The standard InChI is InChI=1S/C49H80N6O13/c1-7-9-15-40(52-31-46(62)49(5,6)54-48(64)42(53-36(4)57)29-37-18-20-38(58)21-19-37)44(60)30-51-41(45(61)32-55-23-12-17-43(55)35(3)56)16-10-11-22-50-47(63)34-68-28-26-66-24-13-14-39(59)33-67-27-25-65-8-2/h18-21,40-43,51-52,58H,7-17,22-34H2,1-6H3,(H,50,63)(H,53,57)(H,54,64)/t40-,41-,42-,43-/m0/s1. The largest absolute Gasteiger partial charge is 0.508 e. The van der Waals surface area contributed by atoms with Crippen molar-refractivity contribution in [1.29, 1.82) is 0 Å². The number of phenolic OH excluding ortho intramolecular Hbond substituents is 1. The molecule has 0 unspecified atom stereocenters. The van der Waals surface area contributed by atoms with Crippen molar-refractivity contribution in [3.63, 3.8) is 0 Å². The number of phenols is 1. The Balaban J connectivity index is 1.89. The number of aromatic hydroxyl groups is 1. The number of amides is 3. The van der Waals surface area contributed by atoms with Crippen LogP contribution in [0.25, 0.3) is 0 Å². The molecule has 0 saturated carbocycles. The van der Waals surface area contributed by atoms with Crippen molar-refractivity contribution >= 4 is 46.6 Å². The van der Waals surface area contributed by atoms with Gasteiger partial charge in [0.25, 0.3) is 0 Å². The van der Waals surface area contributed by atoms with Gasteiger partial charge in [-0.3, -0.25) is 43.3 Å². The van der Waals surface area contributed by atoms with Crippen molar-refractivity contribution < 1.29 is 62.4 Å². The minimum Gasteiger partial charge on any atom is -0.508 e. The zero-order chi connectivity index (χ0) is 50.3. The fraction of sp³-hybridized carbons (Fsp3) is 0.714. The Morgan fingerprint density at radius 2 is 1.41 bits per heavy atom. The molecule has 0 aromatic heterocycles. The second-order valence-electron chi connectivity index (χ2n) is 17.7. The Kier molecular flexibility index (Phi) is 29.7. The second kappa shape index (κ2) is 33.9. The first-order chi connectivity index (χ1) is 32.5. The molecule has 384 valence electrons. The van der Waals surface area contributed by atoms with Gasteiger partial charge in [-0.05, 0) is 96.9 Å². The molecule has 0 bridgehead atoms. The molecule has 1 saturated heterocycles. The maximum atomic E-state index is 13.8. The SMILES string of the molecule is CCCC[C@H](NCC(=O)C(C)(C)NC(=O)[C@H](Cc1ccc(O)cc1)NC(C)=O)C(=O)CN[C@@H](CCCCNC(=O)COCCOCCCC(=O)COCCOCC)C(=O)CN1CCC[C@H]1C(C)=O. The van der Waals surface area contributed by atoms with Gasteiger partial charge in [0.15, 0.2) is 23.1 Å². The van der Waals surface area contributed by atoms with E-state index >= 15 is 0 Å². The van der Waals surface area contributed by atoms with Crippen molar-refractivity contribution in [2.75, 3.05) is 85.6 Å². The molecule has 0 aliphatic carbocycles. The molecule has 0 spiro atoms. The Hall–Kier alpha value is -4.50. The van der Waals surface area contributed by atoms with Crippen LogP contribution in [-0.4, -0.2) is 172 Å². The number of carbonyl (C=O) groups is 8. The van der Waals surface area contributed by atoms with E-state index in [4.69, 9.17) is 18.9 Å². The number of nitrogens with zero attached hydrogens (tertiary/aromatic N) is 1. The molecule has 1 aliphatic rings. The van der Waals surface area contributed by atoms with Crippen LogP contribution in [0.5, 0.6) is 5.75 Å². The molecule has 1 aromatic carbocycles. The van der Waals surface area contributed by atoms with E-state index in [9.17, 15) is 43.5 Å². The van der Waals surface area contributed by atoms with Gasteiger partial charge in [0.2, 0.25) is 17.7 Å². The summed E-state index contributed by atoms with van der Waals surface area (Å²) in [5.74, 6) is -2.01. The molecule has 3 amide bonds. The first-order valence-corrected chi connectivity index (χ1v) is 24.2. The van der Waals surface area contributed by atoms with Crippen LogP contribution in [0.4, 0.5) is 0 Å². The average Bonchev–Trinajstić information content (AvgIpc) is 3.76. The van der Waals surface area contributed by atoms with E-state index in [1.807, 2.05) is 18.7 Å². The molecule has 19 heteroatoms. The minimum atomic E-state index is -1.37. The Labute approximate surface area is 402 Å². The van der Waals surface area contributed by atoms with Gasteiger partial charge in [0.1, 0.15) is 30.8 Å². The lowest BCUT2D eigenvalue weighted by Crippen LogP contribution is -2.59. The zero-order valence-electron chi connectivity index (χ0n) is 41.4. The van der Waals surface area contributed by atoms with Crippen LogP contribution in [0.1, 0.15) is 111 Å². The Morgan fingerprint density at radius 3 is 2.09 bits per heavy atom. The van der Waals surface area contributed by atoms with Crippen LogP contribution in [0, 0.1) is 0 Å². The molecule has 1 heterocycles. The van der Waals surface area contributed by atoms with Crippen LogP contribution < -0.4 is 26.6 Å². The molecule has 6 N–H and O–H groups in total. The molecular weight excluding hydrogens is 881 g/mol. The summed E-state index contributed by atoms with van der Waals surface area (Å²) in [6, 6.07) is 3.48. The van der Waals surface area contributed by atoms with Gasteiger partial charge in [-0.1, -0.05) is 31.9 Å². The van der Waals surface area contributed by atoms with Crippen molar-refractivity contribution in [3.8, 4) is 5.75 Å². The number of benzene rings is 1. The van der Waals surface area contributed by atoms with Gasteiger partial charge in [-0.15, -0.1) is 0 Å². The number of nitrogens with one attached hydrogen (secondary N) is 5. The minimum absolute atomic E-state index is 0.00445. The van der Waals surface area contributed by atoms with Crippen molar-refractivity contribution in [2.45, 2.75) is 142 Å². The number of unbranched alkanes of at least 4 members (excludes halogenated alkanes) is 2. The Morgan fingerprint density at radius 1 is 0.765 bits per heavy atom. The van der Waals surface area contributed by atoms with Crippen molar-refractivity contribution in [2.24, 2.45) is 0 Å². The zero-order valence-corrected chi connectivity index (χ0v) is 41.4. The molecule has 19 nitrogen and oxygen atoms in total. The van der Waals surface area contributed by atoms with Gasteiger partial charge in [0, 0.05) is 39.5 Å². The molecule has 1 aromatic rings. The van der Waals surface area contributed by atoms with Gasteiger partial charge >= 0.3 is 0 Å². The van der Waals surface area contributed by atoms with E-state index in [0.717, 1.165) is 12.8 Å². The summed E-state index contributed by atoms with van der Waals surface area (Å²) < 4.78 is 21.3. The Bertz CT molecular complexity index is 1730. The highest BCUT2D eigenvalue weighted by Crippen LogP contribution is 2.19. The monoisotopic (exact) mass is 961 g/mol. The number of likely N-dealkylation sites (tertiary alicyclic amines) is 1. The van der Waals surface area contributed by atoms with E-state index in [1.54, 1.807) is 26.0 Å². The van der Waals surface area contributed by atoms with Crippen LogP contribution in [-0.2, 0) is 63.7 Å². The predicted molar refractivity (Wildman–Crippen MR) is 255 cm³/mol. The predicted octanol–water partition coefficient (Wildman–Crippen LogP) is 1.92. The van der Waals surface area contributed by atoms with Crippen LogP contribution in [0.3, 0.4) is 0 Å². The number of carbonyl (C=O) groups excluding carboxylic acids is 8. The number of hydrogen-bond donors (Lipinski definition) is 6. The summed E-state index contributed by atoms with van der Waals surface area (Å²) in [6.07, 6.45) is 5.93. The summed E-state index contributed by atoms with van der Waals surface area (Å²) in [5.41, 5.74) is -0.682. The maximum Gasteiger partial charge on any atom is 0.245 e. The second-order valence-corrected chi connectivity index (χ2v) is 17.7. The average molecular weight is 961 g/mol. The van der Waals surface area contributed by atoms with Gasteiger partial charge in [-0.25, -0.2) is 0 Å². The summed E-state index contributed by atoms with van der Waals surface area (Å²) in [5, 5.41) is 24.1. The third-order valence-corrected chi connectivity index (χ3v) is 11.5. The molecule has 1 fully saturated rings. The van der Waals surface area contributed by atoms with E-state index in [1.165, 1.54) is 26.0 Å². The highest BCUT2D eigenvalue weighted by Gasteiger charge is 2.34. The smallest absolute Gasteiger partial charge is 0.245 e. The van der Waals surface area contributed by atoms with Crippen LogP contribution in [0.2, 0.25) is 0 Å². The van der Waals surface area contributed by atoms with Crippen LogP contribution in [0.15, 0.2) is 24.3 Å². The molecular formula is C49H80N6O13. The number of ether oxygens (including phenoxy) is 4. The number of ketones is 5. The maximum absolute atomic E-state index is 13.8. The van der Waals surface area contributed by atoms with Crippen LogP contribution >= 0.6 is 0 Å². The summed E-state index contributed by atoms with van der Waals surface area (Å²) >= 11 is 0. The molecule has 0 radical (unpaired) electrons.